The third-order valence-electron chi connectivity index (χ3n) is 4.69. The maximum Gasteiger partial charge on any atom is 0.469 e. The molecule has 3 heterocycles. The van der Waals surface area contributed by atoms with Gasteiger partial charge in [0.1, 0.15) is 29.8 Å². The number of nitrogens with two attached hydrogens (primary N) is 1. The molecule has 1 aromatic heterocycles. The molecule has 3 rings (SSSR count). The third kappa shape index (κ3) is 4.76. The molecule has 0 spiro atoms. The number of phosphoric ester groups is 1. The van der Waals surface area contributed by atoms with Gasteiger partial charge in [-0.05, 0) is 0 Å². The van der Waals surface area contributed by atoms with Gasteiger partial charge in [-0.2, -0.15) is 0 Å². The molecule has 31 heavy (non-hydrogen) atoms. The minimum Gasteiger partial charge on any atom is -0.481 e. The highest BCUT2D eigenvalue weighted by Crippen LogP contribution is 2.39. The molecule has 0 radical (unpaired) electrons. The van der Waals surface area contributed by atoms with Crippen molar-refractivity contribution in [2.24, 2.45) is 5.73 Å². The number of nitrogens with one attached hydrogen (secondary N) is 2. The SMILES string of the molecule is N=C1c2ncn([C@@H]3O[C@H](COP(=O)(O)O)[C@@H](O)[C@H]3O)c2NCN1C(=O)[C@@H](N)CC(=O)O. The molecule has 0 unspecified atom stereocenters. The van der Waals surface area contributed by atoms with Crippen molar-refractivity contribution in [3.05, 3.63) is 12.0 Å². The number of aliphatic carboxylic acids is 1. The zero-order valence-corrected chi connectivity index (χ0v) is 16.6. The van der Waals surface area contributed by atoms with Gasteiger partial charge in [-0.15, -0.1) is 0 Å². The molecular weight excluding hydrogens is 443 g/mol. The number of carboxylic acid groups (broad SMARTS) is 1. The predicted molar refractivity (Wildman–Crippen MR) is 98.5 cm³/mol. The van der Waals surface area contributed by atoms with Crippen molar-refractivity contribution in [2.45, 2.75) is 37.0 Å². The van der Waals surface area contributed by atoms with Gasteiger partial charge in [0.15, 0.2) is 12.1 Å². The minimum atomic E-state index is -4.82. The molecular formula is C14H21N6O10P. The van der Waals surface area contributed by atoms with Crippen LogP contribution in [-0.4, -0.2) is 94.9 Å². The van der Waals surface area contributed by atoms with Gasteiger partial charge >= 0.3 is 13.8 Å². The Balaban J connectivity index is 1.76. The summed E-state index contributed by atoms with van der Waals surface area (Å²) in [6, 6.07) is -1.37. The first-order valence-corrected chi connectivity index (χ1v) is 10.3. The number of amidine groups is 1. The lowest BCUT2D eigenvalue weighted by atomic mass is 10.1. The van der Waals surface area contributed by atoms with Crippen LogP contribution < -0.4 is 11.1 Å². The number of hydrogen-bond acceptors (Lipinski definition) is 11. The Labute approximate surface area is 173 Å². The highest BCUT2D eigenvalue weighted by Gasteiger charge is 2.46. The lowest BCUT2D eigenvalue weighted by Crippen LogP contribution is -2.51. The van der Waals surface area contributed by atoms with Crippen LogP contribution in [0.5, 0.6) is 0 Å². The molecule has 9 N–H and O–H groups in total. The van der Waals surface area contributed by atoms with Crippen molar-refractivity contribution in [1.82, 2.24) is 14.5 Å². The fourth-order valence-corrected chi connectivity index (χ4v) is 3.54. The largest absolute Gasteiger partial charge is 0.481 e. The molecule has 5 atom stereocenters. The second-order valence-corrected chi connectivity index (χ2v) is 8.08. The van der Waals surface area contributed by atoms with Crippen LogP contribution in [-0.2, 0) is 23.4 Å². The summed E-state index contributed by atoms with van der Waals surface area (Å²) in [6.45, 7) is -0.942. The summed E-state index contributed by atoms with van der Waals surface area (Å²) >= 11 is 0. The van der Waals surface area contributed by atoms with Crippen LogP contribution in [0.2, 0.25) is 0 Å². The smallest absolute Gasteiger partial charge is 0.469 e. The highest BCUT2D eigenvalue weighted by atomic mass is 31.2. The molecule has 172 valence electrons. The van der Waals surface area contributed by atoms with E-state index in [0.29, 0.717) is 0 Å². The van der Waals surface area contributed by atoms with Crippen LogP contribution >= 0.6 is 7.82 Å². The monoisotopic (exact) mass is 464 g/mol. The van der Waals surface area contributed by atoms with Crippen LogP contribution in [0.4, 0.5) is 5.82 Å². The molecule has 16 nitrogen and oxygen atoms in total. The number of aliphatic hydroxyl groups is 2. The van der Waals surface area contributed by atoms with Crippen molar-refractivity contribution in [2.75, 3.05) is 18.6 Å². The fraction of sp³-hybridized carbons (Fsp3) is 0.571. The van der Waals surface area contributed by atoms with E-state index in [1.807, 2.05) is 0 Å². The Morgan fingerprint density at radius 2 is 2.10 bits per heavy atom. The van der Waals surface area contributed by atoms with Crippen molar-refractivity contribution in [3.63, 3.8) is 0 Å². The Morgan fingerprint density at radius 1 is 1.42 bits per heavy atom. The number of hydrogen-bond donors (Lipinski definition) is 8. The first kappa shape index (κ1) is 23.2. The van der Waals surface area contributed by atoms with Crippen molar-refractivity contribution in [3.8, 4) is 0 Å². The molecule has 1 amide bonds. The molecule has 0 bridgehead atoms. The number of phosphoric acid groups is 1. The number of imidazole rings is 1. The number of nitrogens with zero attached hydrogens (tertiary/aromatic N) is 3. The average molecular weight is 464 g/mol. The molecule has 0 saturated carbocycles. The summed E-state index contributed by atoms with van der Waals surface area (Å²) in [5.74, 6) is -2.28. The standard InChI is InChI=1S/C14H21N6O10P/c15-5(1-7(21)22)13(25)19-4-18-12-8(11(19)16)17-3-20(12)14-10(24)9(23)6(30-14)2-29-31(26,27)28/h3,5-6,9-10,14,16,18,23-24H,1-2,4,15H2,(H,21,22)(H2,26,27,28)/t5-,6+,9+,10+,14+/m0/s1. The average Bonchev–Trinajstić information content (AvgIpc) is 3.21. The Kier molecular flexibility index (Phi) is 6.45. The molecule has 2 aliphatic heterocycles. The van der Waals surface area contributed by atoms with Crippen LogP contribution in [0.1, 0.15) is 18.3 Å². The van der Waals surface area contributed by atoms with E-state index in [2.05, 4.69) is 14.8 Å². The number of carboxylic acids is 1. The number of amides is 1. The van der Waals surface area contributed by atoms with Gasteiger partial charge < -0.3 is 40.9 Å². The predicted octanol–water partition coefficient (Wildman–Crippen LogP) is -3.05. The Bertz CT molecular complexity index is 933. The number of fused-ring (bicyclic) bond motifs is 1. The molecule has 2 aliphatic rings. The quantitative estimate of drug-likeness (QED) is 0.187. The molecule has 0 aromatic carbocycles. The van der Waals surface area contributed by atoms with Crippen LogP contribution in [0.25, 0.3) is 0 Å². The van der Waals surface area contributed by atoms with Gasteiger partial charge in [0.25, 0.3) is 0 Å². The second-order valence-electron chi connectivity index (χ2n) is 6.84. The first-order valence-electron chi connectivity index (χ1n) is 8.80. The number of rotatable bonds is 7. The van der Waals surface area contributed by atoms with Crippen molar-refractivity contribution >= 4 is 31.4 Å². The summed E-state index contributed by atoms with van der Waals surface area (Å²) in [5, 5.41) is 40.2. The third-order valence-corrected chi connectivity index (χ3v) is 5.17. The summed E-state index contributed by atoms with van der Waals surface area (Å²) < 4.78 is 21.9. The van der Waals surface area contributed by atoms with Gasteiger partial charge in [0, 0.05) is 0 Å². The highest BCUT2D eigenvalue weighted by molar-refractivity contribution is 7.46. The second kappa shape index (κ2) is 8.60. The zero-order valence-electron chi connectivity index (χ0n) is 15.7. The number of aromatic nitrogens is 2. The molecule has 1 fully saturated rings. The molecule has 17 heteroatoms. The molecule has 0 aliphatic carbocycles. The number of carbonyl (C=O) groups excluding carboxylic acids is 1. The lowest BCUT2D eigenvalue weighted by Gasteiger charge is -2.31. The maximum atomic E-state index is 12.4. The van der Waals surface area contributed by atoms with Crippen molar-refractivity contribution < 1.29 is 48.5 Å². The summed E-state index contributed by atoms with van der Waals surface area (Å²) in [6.07, 6.45) is -5.02. The van der Waals surface area contributed by atoms with E-state index in [1.54, 1.807) is 0 Å². The summed E-state index contributed by atoms with van der Waals surface area (Å²) in [7, 11) is -4.82. The van der Waals surface area contributed by atoms with Crippen LogP contribution in [0.3, 0.4) is 0 Å². The van der Waals surface area contributed by atoms with E-state index in [0.717, 1.165) is 4.90 Å². The Hall–Kier alpha value is -2.43. The number of ether oxygens (including phenoxy) is 1. The Morgan fingerprint density at radius 3 is 2.71 bits per heavy atom. The van der Waals surface area contributed by atoms with E-state index in [4.69, 9.17) is 30.8 Å². The van der Waals surface area contributed by atoms with Gasteiger partial charge in [-0.25, -0.2) is 9.55 Å². The van der Waals surface area contributed by atoms with Gasteiger partial charge in [0.05, 0.1) is 32.1 Å². The van der Waals surface area contributed by atoms with Gasteiger partial charge in [0.2, 0.25) is 5.91 Å². The first-order chi connectivity index (χ1) is 14.4. The van der Waals surface area contributed by atoms with Gasteiger partial charge in [-0.3, -0.25) is 29.0 Å². The van der Waals surface area contributed by atoms with Gasteiger partial charge in [-0.1, -0.05) is 0 Å². The normalized spacial score (nSPS) is 27.0. The summed E-state index contributed by atoms with van der Waals surface area (Å²) in [5.41, 5.74) is 5.55. The molecule has 1 saturated heterocycles. The summed E-state index contributed by atoms with van der Waals surface area (Å²) in [4.78, 5) is 45.6. The zero-order chi connectivity index (χ0) is 23.1. The van der Waals surface area contributed by atoms with E-state index in [-0.39, 0.29) is 24.0 Å². The molecule has 1 aromatic rings. The number of anilines is 1. The van der Waals surface area contributed by atoms with E-state index >= 15 is 0 Å². The van der Waals surface area contributed by atoms with Crippen molar-refractivity contribution in [1.29, 1.82) is 5.41 Å². The fourth-order valence-electron chi connectivity index (χ4n) is 3.19. The van der Waals surface area contributed by atoms with E-state index in [9.17, 15) is 24.4 Å². The minimum absolute atomic E-state index is 0.0256. The van der Waals surface area contributed by atoms with Crippen LogP contribution in [0.15, 0.2) is 6.33 Å². The van der Waals surface area contributed by atoms with E-state index < -0.39 is 63.3 Å². The lowest BCUT2D eigenvalue weighted by molar-refractivity contribution is -0.140. The topological polar surface area (TPSA) is 254 Å². The van der Waals surface area contributed by atoms with E-state index in [1.165, 1.54) is 10.9 Å². The number of aliphatic hydroxyl groups excluding tert-OH is 2. The maximum absolute atomic E-state index is 12.4. The number of carbonyl (C=O) groups is 2. The van der Waals surface area contributed by atoms with Crippen LogP contribution in [0, 0.1) is 5.41 Å².